The summed E-state index contributed by atoms with van der Waals surface area (Å²) in [6.45, 7) is 1.81. The number of rotatable bonds is 4. The second kappa shape index (κ2) is 5.49. The summed E-state index contributed by atoms with van der Waals surface area (Å²) >= 11 is 5.79. The number of aryl methyl sites for hydroxylation is 1. The monoisotopic (exact) mass is 300 g/mol. The Morgan fingerprint density at radius 3 is 2.60 bits per heavy atom. The van der Waals surface area contributed by atoms with E-state index in [0.29, 0.717) is 19.4 Å². The summed E-state index contributed by atoms with van der Waals surface area (Å²) in [5.74, 6) is 0.146. The fourth-order valence-corrected chi connectivity index (χ4v) is 2.91. The number of likely N-dealkylation sites (N-methyl/N-ethyl adjacent to an activating group) is 1. The minimum Gasteiger partial charge on any atom is -0.388 e. The van der Waals surface area contributed by atoms with Crippen molar-refractivity contribution in [1.29, 1.82) is 0 Å². The second-order valence-corrected chi connectivity index (χ2v) is 5.63. The molecule has 0 aliphatic heterocycles. The van der Waals surface area contributed by atoms with Crippen LogP contribution < -0.4 is 4.90 Å². The molecule has 1 aliphatic carbocycles. The number of nitro groups is 1. The minimum absolute atomic E-state index is 0.0339. The lowest BCUT2D eigenvalue weighted by atomic mass is 10.0. The number of anilines is 1. The molecule has 1 N–H and O–H groups in total. The molecule has 0 atom stereocenters. The van der Waals surface area contributed by atoms with Crippen molar-refractivity contribution in [2.45, 2.75) is 38.2 Å². The minimum atomic E-state index is -0.812. The molecule has 0 amide bonds. The fraction of sp³-hybridized carbons (Fsp3) is 0.667. The van der Waals surface area contributed by atoms with Crippen LogP contribution in [0.2, 0.25) is 5.28 Å². The molecule has 1 heterocycles. The molecule has 8 heteroatoms. The quantitative estimate of drug-likeness (QED) is 0.520. The van der Waals surface area contributed by atoms with Crippen LogP contribution in [0.25, 0.3) is 0 Å². The van der Waals surface area contributed by atoms with Gasteiger partial charge in [-0.25, -0.2) is 4.98 Å². The number of aromatic nitrogens is 2. The Balaban J connectivity index is 2.33. The van der Waals surface area contributed by atoms with Gasteiger partial charge in [0.15, 0.2) is 0 Å². The Morgan fingerprint density at radius 1 is 1.45 bits per heavy atom. The van der Waals surface area contributed by atoms with E-state index < -0.39 is 10.5 Å². The lowest BCUT2D eigenvalue weighted by Crippen LogP contribution is -2.39. The topological polar surface area (TPSA) is 92.4 Å². The summed E-state index contributed by atoms with van der Waals surface area (Å²) < 4.78 is 0. The van der Waals surface area contributed by atoms with Crippen LogP contribution in [0.4, 0.5) is 11.5 Å². The SMILES string of the molecule is Cc1nc(Cl)nc(N(C)CC2(O)CCCC2)c1[N+](=O)[O-]. The van der Waals surface area contributed by atoms with Gasteiger partial charge in [0.05, 0.1) is 10.5 Å². The van der Waals surface area contributed by atoms with E-state index in [1.165, 1.54) is 6.92 Å². The van der Waals surface area contributed by atoms with E-state index in [9.17, 15) is 15.2 Å². The Hall–Kier alpha value is -1.47. The van der Waals surface area contributed by atoms with Gasteiger partial charge in [-0.05, 0) is 31.4 Å². The number of halogens is 1. The Morgan fingerprint density at radius 2 is 2.05 bits per heavy atom. The molecule has 0 saturated heterocycles. The lowest BCUT2D eigenvalue weighted by molar-refractivity contribution is -0.385. The zero-order valence-corrected chi connectivity index (χ0v) is 12.2. The molecule has 0 unspecified atom stereocenters. The van der Waals surface area contributed by atoms with Crippen LogP contribution in [0.5, 0.6) is 0 Å². The van der Waals surface area contributed by atoms with Gasteiger partial charge in [0, 0.05) is 13.6 Å². The van der Waals surface area contributed by atoms with Gasteiger partial charge in [0.2, 0.25) is 11.1 Å². The summed E-state index contributed by atoms with van der Waals surface area (Å²) in [7, 11) is 1.67. The summed E-state index contributed by atoms with van der Waals surface area (Å²) in [5, 5.41) is 21.5. The summed E-state index contributed by atoms with van der Waals surface area (Å²) in [5.41, 5.74) is -0.762. The van der Waals surface area contributed by atoms with Crippen molar-refractivity contribution in [3.8, 4) is 0 Å². The van der Waals surface area contributed by atoms with E-state index in [2.05, 4.69) is 9.97 Å². The average Bonchev–Trinajstić information content (AvgIpc) is 2.73. The summed E-state index contributed by atoms with van der Waals surface area (Å²) in [6, 6.07) is 0. The normalized spacial score (nSPS) is 17.2. The fourth-order valence-electron chi connectivity index (χ4n) is 2.71. The van der Waals surface area contributed by atoms with Gasteiger partial charge in [0.25, 0.3) is 0 Å². The van der Waals surface area contributed by atoms with Crippen molar-refractivity contribution in [3.05, 3.63) is 21.1 Å². The van der Waals surface area contributed by atoms with E-state index in [1.54, 1.807) is 11.9 Å². The molecular formula is C12H17ClN4O3. The first kappa shape index (κ1) is 14.9. The third kappa shape index (κ3) is 2.99. The van der Waals surface area contributed by atoms with Crippen molar-refractivity contribution in [2.24, 2.45) is 0 Å². The highest BCUT2D eigenvalue weighted by atomic mass is 35.5. The van der Waals surface area contributed by atoms with Crippen LogP contribution in [0.3, 0.4) is 0 Å². The van der Waals surface area contributed by atoms with Crippen LogP contribution >= 0.6 is 11.6 Å². The number of hydrogen-bond acceptors (Lipinski definition) is 6. The zero-order chi connectivity index (χ0) is 14.9. The predicted octanol–water partition coefficient (Wildman–Crippen LogP) is 2.09. The number of aliphatic hydroxyl groups is 1. The Bertz CT molecular complexity index is 532. The third-order valence-electron chi connectivity index (χ3n) is 3.62. The molecule has 0 radical (unpaired) electrons. The van der Waals surface area contributed by atoms with Crippen LogP contribution in [-0.4, -0.2) is 39.2 Å². The van der Waals surface area contributed by atoms with Gasteiger partial charge in [-0.15, -0.1) is 0 Å². The molecular weight excluding hydrogens is 284 g/mol. The van der Waals surface area contributed by atoms with Gasteiger partial charge < -0.3 is 10.0 Å². The highest BCUT2D eigenvalue weighted by molar-refractivity contribution is 6.28. The van der Waals surface area contributed by atoms with Crippen LogP contribution in [0.15, 0.2) is 0 Å². The van der Waals surface area contributed by atoms with Crippen molar-refractivity contribution in [2.75, 3.05) is 18.5 Å². The molecule has 7 nitrogen and oxygen atoms in total. The molecule has 1 aromatic heterocycles. The van der Waals surface area contributed by atoms with E-state index in [0.717, 1.165) is 12.8 Å². The van der Waals surface area contributed by atoms with Gasteiger partial charge in [-0.2, -0.15) is 4.98 Å². The van der Waals surface area contributed by atoms with Crippen molar-refractivity contribution in [1.82, 2.24) is 9.97 Å². The van der Waals surface area contributed by atoms with Crippen LogP contribution in [0.1, 0.15) is 31.4 Å². The first-order valence-corrected chi connectivity index (χ1v) is 6.82. The van der Waals surface area contributed by atoms with Gasteiger partial charge in [0.1, 0.15) is 5.69 Å². The molecule has 1 aliphatic rings. The van der Waals surface area contributed by atoms with Gasteiger partial charge in [-0.3, -0.25) is 10.1 Å². The van der Waals surface area contributed by atoms with Crippen molar-refractivity contribution < 1.29 is 10.0 Å². The molecule has 20 heavy (non-hydrogen) atoms. The molecule has 1 aromatic rings. The molecule has 0 spiro atoms. The summed E-state index contributed by atoms with van der Waals surface area (Å²) in [4.78, 5) is 20.0. The first-order chi connectivity index (χ1) is 9.32. The van der Waals surface area contributed by atoms with Crippen LogP contribution in [-0.2, 0) is 0 Å². The maximum Gasteiger partial charge on any atom is 0.332 e. The Labute approximate surface area is 121 Å². The lowest BCUT2D eigenvalue weighted by Gasteiger charge is -2.29. The number of hydrogen-bond donors (Lipinski definition) is 1. The van der Waals surface area contributed by atoms with Gasteiger partial charge in [-0.1, -0.05) is 12.8 Å². The first-order valence-electron chi connectivity index (χ1n) is 6.44. The van der Waals surface area contributed by atoms with E-state index in [4.69, 9.17) is 11.6 Å². The summed E-state index contributed by atoms with van der Waals surface area (Å²) in [6.07, 6.45) is 3.33. The molecule has 2 rings (SSSR count). The van der Waals surface area contributed by atoms with Crippen molar-refractivity contribution in [3.63, 3.8) is 0 Å². The van der Waals surface area contributed by atoms with E-state index in [1.807, 2.05) is 0 Å². The molecule has 0 aromatic carbocycles. The maximum atomic E-state index is 11.2. The van der Waals surface area contributed by atoms with E-state index >= 15 is 0 Å². The Kier molecular flexibility index (Phi) is 4.10. The molecule has 1 saturated carbocycles. The smallest absolute Gasteiger partial charge is 0.332 e. The molecule has 1 fully saturated rings. The second-order valence-electron chi connectivity index (χ2n) is 5.29. The zero-order valence-electron chi connectivity index (χ0n) is 11.5. The van der Waals surface area contributed by atoms with Crippen LogP contribution in [0, 0.1) is 17.0 Å². The molecule has 0 bridgehead atoms. The third-order valence-corrected chi connectivity index (χ3v) is 3.79. The highest BCUT2D eigenvalue weighted by Gasteiger charge is 2.34. The largest absolute Gasteiger partial charge is 0.388 e. The predicted molar refractivity (Wildman–Crippen MR) is 75.1 cm³/mol. The number of nitrogens with zero attached hydrogens (tertiary/aromatic N) is 4. The maximum absolute atomic E-state index is 11.2. The van der Waals surface area contributed by atoms with Crippen molar-refractivity contribution >= 4 is 23.1 Å². The standard InChI is InChI=1S/C12H17ClN4O3/c1-8-9(17(19)20)10(15-11(13)14-8)16(2)7-12(18)5-3-4-6-12/h18H,3-7H2,1-2H3. The van der Waals surface area contributed by atoms with E-state index in [-0.39, 0.29) is 22.5 Å². The molecule has 110 valence electrons. The average molecular weight is 301 g/mol. The highest BCUT2D eigenvalue weighted by Crippen LogP contribution is 2.34. The van der Waals surface area contributed by atoms with Gasteiger partial charge >= 0.3 is 5.69 Å².